The summed E-state index contributed by atoms with van der Waals surface area (Å²) in [5.74, 6) is 0.459. The van der Waals surface area contributed by atoms with Gasteiger partial charge in [0.1, 0.15) is 12.4 Å². The summed E-state index contributed by atoms with van der Waals surface area (Å²) >= 11 is 0. The van der Waals surface area contributed by atoms with Crippen molar-refractivity contribution < 1.29 is 14.3 Å². The second-order valence-corrected chi connectivity index (χ2v) is 8.23. The van der Waals surface area contributed by atoms with Crippen LogP contribution >= 0.6 is 0 Å². The maximum atomic E-state index is 13.0. The number of para-hydroxylation sites is 3. The average molecular weight is 405 g/mol. The third-order valence-electron chi connectivity index (χ3n) is 5.54. The summed E-state index contributed by atoms with van der Waals surface area (Å²) in [6, 6.07) is 13.8. The second-order valence-electron chi connectivity index (χ2n) is 8.23. The summed E-state index contributed by atoms with van der Waals surface area (Å²) in [6.45, 7) is 8.36. The summed E-state index contributed by atoms with van der Waals surface area (Å²) in [7, 11) is 0. The molecule has 0 saturated carbocycles. The highest BCUT2D eigenvalue weighted by Crippen LogP contribution is 2.36. The molecule has 0 N–H and O–H groups in total. The van der Waals surface area contributed by atoms with E-state index in [9.17, 15) is 9.59 Å². The zero-order valence-corrected chi connectivity index (χ0v) is 17.9. The van der Waals surface area contributed by atoms with Crippen LogP contribution in [0.4, 0.5) is 5.69 Å². The maximum absolute atomic E-state index is 13.0. The van der Waals surface area contributed by atoms with Crippen LogP contribution in [0.2, 0.25) is 0 Å². The largest absolute Gasteiger partial charge is 0.462 e. The first-order valence-corrected chi connectivity index (χ1v) is 10.4. The number of amides is 1. The number of ether oxygens (including phenoxy) is 1. The van der Waals surface area contributed by atoms with Gasteiger partial charge in [-0.2, -0.15) is 0 Å². The lowest BCUT2D eigenvalue weighted by Gasteiger charge is -2.21. The SMILES string of the molecule is Cc1cccc(C)c1N1CC(c2nc3ccccc3n2CC(=O)OC(C)C)CC1=O. The number of aryl methyl sites for hydroxylation is 2. The average Bonchev–Trinajstić information content (AvgIpc) is 3.22. The number of hydrogen-bond donors (Lipinski definition) is 0. The van der Waals surface area contributed by atoms with E-state index >= 15 is 0 Å². The van der Waals surface area contributed by atoms with Crippen molar-refractivity contribution in [1.82, 2.24) is 9.55 Å². The molecule has 1 aliphatic rings. The molecule has 1 fully saturated rings. The molecule has 1 unspecified atom stereocenters. The monoisotopic (exact) mass is 405 g/mol. The van der Waals surface area contributed by atoms with Crippen molar-refractivity contribution in [3.63, 3.8) is 0 Å². The van der Waals surface area contributed by atoms with E-state index in [0.29, 0.717) is 13.0 Å². The minimum atomic E-state index is -0.301. The van der Waals surface area contributed by atoms with E-state index < -0.39 is 0 Å². The number of benzene rings is 2. The van der Waals surface area contributed by atoms with Gasteiger partial charge in [-0.1, -0.05) is 30.3 Å². The lowest BCUT2D eigenvalue weighted by Crippen LogP contribution is -2.26. The van der Waals surface area contributed by atoms with Gasteiger partial charge >= 0.3 is 5.97 Å². The fraction of sp³-hybridized carbons (Fsp3) is 0.375. The van der Waals surface area contributed by atoms with Gasteiger partial charge in [-0.3, -0.25) is 9.59 Å². The number of nitrogens with zero attached hydrogens (tertiary/aromatic N) is 3. The first-order chi connectivity index (χ1) is 14.3. The molecular weight excluding hydrogens is 378 g/mol. The molecule has 0 spiro atoms. The van der Waals surface area contributed by atoms with Crippen LogP contribution in [0.5, 0.6) is 0 Å². The summed E-state index contributed by atoms with van der Waals surface area (Å²) in [6.07, 6.45) is 0.194. The number of aromatic nitrogens is 2. The van der Waals surface area contributed by atoms with Crippen molar-refractivity contribution in [3.05, 3.63) is 59.4 Å². The van der Waals surface area contributed by atoms with E-state index in [1.54, 1.807) is 0 Å². The third kappa shape index (κ3) is 3.70. The Hall–Kier alpha value is -3.15. The highest BCUT2D eigenvalue weighted by atomic mass is 16.5. The Labute approximate surface area is 176 Å². The molecule has 6 nitrogen and oxygen atoms in total. The van der Waals surface area contributed by atoms with Crippen molar-refractivity contribution in [1.29, 1.82) is 0 Å². The number of fused-ring (bicyclic) bond motifs is 1. The van der Waals surface area contributed by atoms with E-state index in [1.807, 2.05) is 79.6 Å². The Morgan fingerprint density at radius 1 is 1.13 bits per heavy atom. The summed E-state index contributed by atoms with van der Waals surface area (Å²) in [5, 5.41) is 0. The molecule has 3 aromatic rings. The quantitative estimate of drug-likeness (QED) is 0.599. The van der Waals surface area contributed by atoms with Crippen molar-refractivity contribution in [3.8, 4) is 0 Å². The standard InChI is InChI=1S/C24H27N3O3/c1-15(2)30-22(29)14-26-20-11-6-5-10-19(20)25-24(26)18-12-21(28)27(13-18)23-16(3)8-7-9-17(23)4/h5-11,15,18H,12-14H2,1-4H3. The minimum absolute atomic E-state index is 0.0840. The number of rotatable bonds is 5. The van der Waals surface area contributed by atoms with E-state index in [0.717, 1.165) is 33.7 Å². The molecule has 2 heterocycles. The van der Waals surface area contributed by atoms with Gasteiger partial charge in [0.15, 0.2) is 0 Å². The molecule has 1 saturated heterocycles. The Bertz CT molecular complexity index is 1100. The van der Waals surface area contributed by atoms with Crippen molar-refractivity contribution in [2.45, 2.75) is 52.7 Å². The number of esters is 1. The first-order valence-electron chi connectivity index (χ1n) is 10.4. The van der Waals surface area contributed by atoms with Crippen molar-refractivity contribution in [2.24, 2.45) is 0 Å². The lowest BCUT2D eigenvalue weighted by molar-refractivity contribution is -0.148. The molecule has 0 bridgehead atoms. The van der Waals surface area contributed by atoms with Gasteiger partial charge in [-0.15, -0.1) is 0 Å². The molecule has 0 aliphatic carbocycles. The van der Waals surface area contributed by atoms with Crippen molar-refractivity contribution in [2.75, 3.05) is 11.4 Å². The van der Waals surface area contributed by atoms with E-state index in [2.05, 4.69) is 0 Å². The molecule has 2 aromatic carbocycles. The van der Waals surface area contributed by atoms with Gasteiger partial charge < -0.3 is 14.2 Å². The van der Waals surface area contributed by atoms with Crippen LogP contribution in [0.25, 0.3) is 11.0 Å². The number of hydrogen-bond acceptors (Lipinski definition) is 4. The van der Waals surface area contributed by atoms with E-state index in [1.165, 1.54) is 0 Å². The normalized spacial score (nSPS) is 16.6. The minimum Gasteiger partial charge on any atom is -0.462 e. The molecule has 1 amide bonds. The van der Waals surface area contributed by atoms with Crippen molar-refractivity contribution >= 4 is 28.6 Å². The maximum Gasteiger partial charge on any atom is 0.326 e. The highest BCUT2D eigenvalue weighted by molar-refractivity contribution is 5.98. The van der Waals surface area contributed by atoms with Gasteiger partial charge in [0.25, 0.3) is 0 Å². The van der Waals surface area contributed by atoms with Crippen LogP contribution in [0.1, 0.15) is 43.1 Å². The molecular formula is C24H27N3O3. The van der Waals surface area contributed by atoms with E-state index in [4.69, 9.17) is 9.72 Å². The first kappa shape index (κ1) is 20.1. The van der Waals surface area contributed by atoms with E-state index in [-0.39, 0.29) is 30.4 Å². The molecule has 1 aromatic heterocycles. The Morgan fingerprint density at radius 2 is 1.83 bits per heavy atom. The van der Waals surface area contributed by atoms with Crippen LogP contribution in [0.3, 0.4) is 0 Å². The molecule has 156 valence electrons. The fourth-order valence-electron chi connectivity index (χ4n) is 4.33. The molecule has 1 aliphatic heterocycles. The molecule has 4 rings (SSSR count). The lowest BCUT2D eigenvalue weighted by atomic mass is 10.1. The van der Waals surface area contributed by atoms with Crippen LogP contribution in [0, 0.1) is 13.8 Å². The Balaban J connectivity index is 1.70. The summed E-state index contributed by atoms with van der Waals surface area (Å²) < 4.78 is 7.28. The van der Waals surface area contributed by atoms with Gasteiger partial charge in [0, 0.05) is 24.6 Å². The zero-order chi connectivity index (χ0) is 21.4. The summed E-state index contributed by atoms with van der Waals surface area (Å²) in [5.41, 5.74) is 4.84. The molecule has 0 radical (unpaired) electrons. The molecule has 1 atom stereocenters. The highest BCUT2D eigenvalue weighted by Gasteiger charge is 2.36. The number of carbonyl (C=O) groups is 2. The van der Waals surface area contributed by atoms with Gasteiger partial charge in [-0.25, -0.2) is 4.98 Å². The summed E-state index contributed by atoms with van der Waals surface area (Å²) in [4.78, 5) is 32.1. The topological polar surface area (TPSA) is 64.4 Å². The van der Waals surface area contributed by atoms with Crippen LogP contribution in [0.15, 0.2) is 42.5 Å². The number of anilines is 1. The van der Waals surface area contributed by atoms with Gasteiger partial charge in [-0.05, 0) is 51.0 Å². The second kappa shape index (κ2) is 7.94. The Morgan fingerprint density at radius 3 is 2.53 bits per heavy atom. The van der Waals surface area contributed by atoms with Gasteiger partial charge in [0.05, 0.1) is 17.1 Å². The van der Waals surface area contributed by atoms with Crippen LogP contribution < -0.4 is 4.90 Å². The molecule has 30 heavy (non-hydrogen) atoms. The third-order valence-corrected chi connectivity index (χ3v) is 5.54. The zero-order valence-electron chi connectivity index (χ0n) is 17.9. The van der Waals surface area contributed by atoms with Gasteiger partial charge in [0.2, 0.25) is 5.91 Å². The Kier molecular flexibility index (Phi) is 5.33. The molecule has 6 heteroatoms. The van der Waals surface area contributed by atoms with Crippen LogP contribution in [-0.2, 0) is 20.9 Å². The predicted molar refractivity (Wildman–Crippen MR) is 117 cm³/mol. The predicted octanol–water partition coefficient (Wildman–Crippen LogP) is 4.13. The fourth-order valence-corrected chi connectivity index (χ4v) is 4.33. The number of imidazole rings is 1. The van der Waals surface area contributed by atoms with Crippen LogP contribution in [-0.4, -0.2) is 34.1 Å². The smallest absolute Gasteiger partial charge is 0.326 e. The number of carbonyl (C=O) groups excluding carboxylic acids is 2.